The zero-order chi connectivity index (χ0) is 13.4. The number of benzene rings is 2. The number of rotatable bonds is 2. The molecule has 0 aliphatic heterocycles. The second-order valence-corrected chi connectivity index (χ2v) is 4.92. The van der Waals surface area contributed by atoms with E-state index in [9.17, 15) is 4.39 Å². The Balaban J connectivity index is 2.08. The van der Waals surface area contributed by atoms with Gasteiger partial charge in [0, 0.05) is 0 Å². The fourth-order valence-electron chi connectivity index (χ4n) is 2.01. The Morgan fingerprint density at radius 2 is 1.84 bits per heavy atom. The number of hydrogen-bond acceptors (Lipinski definition) is 2. The molecule has 0 N–H and O–H groups in total. The molecule has 0 aliphatic carbocycles. The van der Waals surface area contributed by atoms with Crippen molar-refractivity contribution in [2.75, 3.05) is 0 Å². The lowest BCUT2D eigenvalue weighted by molar-refractivity contribution is 0.629. The van der Waals surface area contributed by atoms with Crippen molar-refractivity contribution in [1.29, 1.82) is 0 Å². The third kappa shape index (κ3) is 2.21. The first-order chi connectivity index (χ1) is 9.13. The van der Waals surface area contributed by atoms with Crippen LogP contribution in [0.15, 0.2) is 42.6 Å². The molecule has 96 valence electrons. The molecule has 0 fully saturated rings. The lowest BCUT2D eigenvalue weighted by Crippen LogP contribution is -1.94. The topological polar surface area (TPSA) is 30.7 Å². The van der Waals surface area contributed by atoms with Gasteiger partial charge in [-0.15, -0.1) is 5.10 Å². The highest BCUT2D eigenvalue weighted by molar-refractivity contribution is 5.84. The second-order valence-electron chi connectivity index (χ2n) is 4.92. The van der Waals surface area contributed by atoms with Crippen LogP contribution in [0.2, 0.25) is 0 Å². The summed E-state index contributed by atoms with van der Waals surface area (Å²) in [4.78, 5) is 0. The average Bonchev–Trinajstić information content (AvgIpc) is 2.87. The quantitative estimate of drug-likeness (QED) is 0.699. The Labute approximate surface area is 110 Å². The SMILES string of the molecule is CC(C)c1cn(-c2ccc3ccc(F)cc3c2)nn1. The van der Waals surface area contributed by atoms with Crippen molar-refractivity contribution in [2.45, 2.75) is 19.8 Å². The lowest BCUT2D eigenvalue weighted by atomic mass is 10.1. The maximum Gasteiger partial charge on any atom is 0.123 e. The minimum atomic E-state index is -0.230. The highest BCUT2D eigenvalue weighted by Gasteiger charge is 2.07. The molecule has 0 atom stereocenters. The molecular weight excluding hydrogens is 241 g/mol. The van der Waals surface area contributed by atoms with Gasteiger partial charge in [-0.2, -0.15) is 0 Å². The number of halogens is 1. The molecule has 0 radical (unpaired) electrons. The van der Waals surface area contributed by atoms with Gasteiger partial charge in [-0.1, -0.05) is 31.2 Å². The van der Waals surface area contributed by atoms with E-state index in [1.807, 2.05) is 24.4 Å². The van der Waals surface area contributed by atoms with E-state index in [1.54, 1.807) is 10.7 Å². The number of aromatic nitrogens is 3. The van der Waals surface area contributed by atoms with Crippen LogP contribution < -0.4 is 0 Å². The predicted molar refractivity (Wildman–Crippen MR) is 72.9 cm³/mol. The lowest BCUT2D eigenvalue weighted by Gasteiger charge is -2.03. The molecule has 3 rings (SSSR count). The van der Waals surface area contributed by atoms with Crippen LogP contribution in [0.5, 0.6) is 0 Å². The summed E-state index contributed by atoms with van der Waals surface area (Å²) >= 11 is 0. The van der Waals surface area contributed by atoms with E-state index < -0.39 is 0 Å². The average molecular weight is 255 g/mol. The molecule has 0 aliphatic rings. The Kier molecular flexibility index (Phi) is 2.78. The van der Waals surface area contributed by atoms with Gasteiger partial charge in [0.15, 0.2) is 0 Å². The van der Waals surface area contributed by atoms with E-state index in [4.69, 9.17) is 0 Å². The Morgan fingerprint density at radius 3 is 2.58 bits per heavy atom. The molecule has 0 spiro atoms. The molecule has 0 saturated carbocycles. The van der Waals surface area contributed by atoms with Crippen molar-refractivity contribution in [2.24, 2.45) is 0 Å². The fraction of sp³-hybridized carbons (Fsp3) is 0.200. The zero-order valence-electron chi connectivity index (χ0n) is 10.8. The molecule has 4 heteroatoms. The summed E-state index contributed by atoms with van der Waals surface area (Å²) in [7, 11) is 0. The molecule has 0 unspecified atom stereocenters. The van der Waals surface area contributed by atoms with Gasteiger partial charge in [-0.05, 0) is 41.0 Å². The van der Waals surface area contributed by atoms with E-state index >= 15 is 0 Å². The van der Waals surface area contributed by atoms with Crippen molar-refractivity contribution in [3.8, 4) is 5.69 Å². The minimum absolute atomic E-state index is 0.230. The number of hydrogen-bond donors (Lipinski definition) is 0. The maximum absolute atomic E-state index is 13.2. The molecule has 3 aromatic rings. The van der Waals surface area contributed by atoms with Crippen molar-refractivity contribution in [1.82, 2.24) is 15.0 Å². The molecular formula is C15H14FN3. The molecule has 19 heavy (non-hydrogen) atoms. The smallest absolute Gasteiger partial charge is 0.123 e. The monoisotopic (exact) mass is 255 g/mol. The van der Waals surface area contributed by atoms with Crippen LogP contribution in [0.4, 0.5) is 4.39 Å². The van der Waals surface area contributed by atoms with Gasteiger partial charge in [0.1, 0.15) is 5.82 Å². The van der Waals surface area contributed by atoms with E-state index in [2.05, 4.69) is 24.2 Å². The second kappa shape index (κ2) is 4.46. The van der Waals surface area contributed by atoms with Crippen LogP contribution >= 0.6 is 0 Å². The standard InChI is InChI=1S/C15H14FN3/c1-10(2)15-9-19(18-17-15)14-6-4-11-3-5-13(16)7-12(11)8-14/h3-10H,1-2H3. The summed E-state index contributed by atoms with van der Waals surface area (Å²) in [5.74, 6) is 0.109. The van der Waals surface area contributed by atoms with Gasteiger partial charge in [0.2, 0.25) is 0 Å². The van der Waals surface area contributed by atoms with E-state index in [1.165, 1.54) is 12.1 Å². The first-order valence-electron chi connectivity index (χ1n) is 6.25. The van der Waals surface area contributed by atoms with Gasteiger partial charge in [-0.25, -0.2) is 9.07 Å². The molecule has 1 heterocycles. The highest BCUT2D eigenvalue weighted by atomic mass is 19.1. The van der Waals surface area contributed by atoms with Crippen molar-refractivity contribution < 1.29 is 4.39 Å². The summed E-state index contributed by atoms with van der Waals surface area (Å²) in [6.45, 7) is 4.15. The summed E-state index contributed by atoms with van der Waals surface area (Å²) in [6, 6.07) is 10.6. The van der Waals surface area contributed by atoms with Crippen LogP contribution in [-0.4, -0.2) is 15.0 Å². The highest BCUT2D eigenvalue weighted by Crippen LogP contribution is 2.20. The van der Waals surface area contributed by atoms with Crippen LogP contribution in [0, 0.1) is 5.82 Å². The van der Waals surface area contributed by atoms with Crippen LogP contribution in [0.1, 0.15) is 25.5 Å². The Morgan fingerprint density at radius 1 is 1.05 bits per heavy atom. The summed E-state index contributed by atoms with van der Waals surface area (Å²) in [5, 5.41) is 10.1. The predicted octanol–water partition coefficient (Wildman–Crippen LogP) is 3.68. The van der Waals surface area contributed by atoms with Gasteiger partial charge in [0.05, 0.1) is 17.6 Å². The molecule has 0 saturated heterocycles. The third-order valence-corrected chi connectivity index (χ3v) is 3.15. The molecule has 1 aromatic heterocycles. The molecule has 0 bridgehead atoms. The summed E-state index contributed by atoms with van der Waals surface area (Å²) < 4.78 is 15.0. The Bertz CT molecular complexity index is 731. The van der Waals surface area contributed by atoms with Crippen molar-refractivity contribution in [3.05, 3.63) is 54.1 Å². The first kappa shape index (κ1) is 11.8. The van der Waals surface area contributed by atoms with E-state index in [0.29, 0.717) is 5.92 Å². The number of nitrogens with zero attached hydrogens (tertiary/aromatic N) is 3. The largest absolute Gasteiger partial charge is 0.220 e. The van der Waals surface area contributed by atoms with Crippen molar-refractivity contribution >= 4 is 10.8 Å². The number of fused-ring (bicyclic) bond motifs is 1. The van der Waals surface area contributed by atoms with E-state index in [0.717, 1.165) is 22.2 Å². The zero-order valence-corrected chi connectivity index (χ0v) is 10.8. The molecule has 3 nitrogen and oxygen atoms in total. The molecule has 0 amide bonds. The normalized spacial score (nSPS) is 11.4. The van der Waals surface area contributed by atoms with Gasteiger partial charge < -0.3 is 0 Å². The van der Waals surface area contributed by atoms with Gasteiger partial charge in [0.25, 0.3) is 0 Å². The maximum atomic E-state index is 13.2. The fourth-order valence-corrected chi connectivity index (χ4v) is 2.01. The van der Waals surface area contributed by atoms with Crippen LogP contribution in [-0.2, 0) is 0 Å². The van der Waals surface area contributed by atoms with E-state index in [-0.39, 0.29) is 5.82 Å². The minimum Gasteiger partial charge on any atom is -0.220 e. The summed E-state index contributed by atoms with van der Waals surface area (Å²) in [6.07, 6.45) is 1.91. The van der Waals surface area contributed by atoms with Gasteiger partial charge in [-0.3, -0.25) is 0 Å². The van der Waals surface area contributed by atoms with Crippen LogP contribution in [0.3, 0.4) is 0 Å². The summed E-state index contributed by atoms with van der Waals surface area (Å²) in [5.41, 5.74) is 1.83. The molecule has 2 aromatic carbocycles. The third-order valence-electron chi connectivity index (χ3n) is 3.15. The Hall–Kier alpha value is -2.23. The van der Waals surface area contributed by atoms with Gasteiger partial charge >= 0.3 is 0 Å². The first-order valence-corrected chi connectivity index (χ1v) is 6.25. The van der Waals surface area contributed by atoms with Crippen molar-refractivity contribution in [3.63, 3.8) is 0 Å². The van der Waals surface area contributed by atoms with Crippen LogP contribution in [0.25, 0.3) is 16.5 Å².